The van der Waals surface area contributed by atoms with Crippen LogP contribution in [0.1, 0.15) is 43.7 Å². The molecule has 1 aromatic rings. The summed E-state index contributed by atoms with van der Waals surface area (Å²) < 4.78 is 0. The molecule has 1 aliphatic heterocycles. The number of carbonyl (C=O) groups is 1. The molecule has 3 heteroatoms. The van der Waals surface area contributed by atoms with E-state index in [9.17, 15) is 4.79 Å². The molecular formula is C19H28N2O. The minimum atomic E-state index is 0.240. The smallest absolute Gasteiger partial charge is 0.220 e. The van der Waals surface area contributed by atoms with Crippen molar-refractivity contribution in [3.8, 4) is 0 Å². The van der Waals surface area contributed by atoms with Gasteiger partial charge in [-0.1, -0.05) is 31.2 Å². The van der Waals surface area contributed by atoms with Crippen molar-refractivity contribution < 1.29 is 4.79 Å². The third kappa shape index (κ3) is 3.89. The summed E-state index contributed by atoms with van der Waals surface area (Å²) in [6.07, 6.45) is 6.44. The minimum Gasteiger partial charge on any atom is -0.352 e. The van der Waals surface area contributed by atoms with E-state index in [4.69, 9.17) is 0 Å². The first-order valence-electron chi connectivity index (χ1n) is 8.83. The summed E-state index contributed by atoms with van der Waals surface area (Å²) in [5.41, 5.74) is 2.87. The van der Waals surface area contributed by atoms with Crippen LogP contribution in [0.5, 0.6) is 0 Å². The van der Waals surface area contributed by atoms with Gasteiger partial charge < -0.3 is 10.2 Å². The zero-order chi connectivity index (χ0) is 15.4. The predicted molar refractivity (Wildman–Crippen MR) is 89.9 cm³/mol. The second kappa shape index (κ2) is 7.28. The van der Waals surface area contributed by atoms with Gasteiger partial charge in [0.1, 0.15) is 0 Å². The summed E-state index contributed by atoms with van der Waals surface area (Å²) in [6.45, 7) is 5.59. The van der Waals surface area contributed by atoms with Crippen molar-refractivity contribution >= 4 is 5.91 Å². The van der Waals surface area contributed by atoms with Crippen LogP contribution in [0.25, 0.3) is 0 Å². The molecule has 1 fully saturated rings. The topological polar surface area (TPSA) is 32.3 Å². The Balaban J connectivity index is 1.46. The molecule has 1 saturated heterocycles. The van der Waals surface area contributed by atoms with E-state index in [1.165, 1.54) is 37.1 Å². The molecule has 3 nitrogen and oxygen atoms in total. The third-order valence-electron chi connectivity index (χ3n) is 5.14. The fourth-order valence-electron chi connectivity index (χ4n) is 3.90. The number of amides is 1. The highest BCUT2D eigenvalue weighted by Crippen LogP contribution is 2.28. The van der Waals surface area contributed by atoms with Crippen LogP contribution in [-0.2, 0) is 17.6 Å². The number of rotatable bonds is 6. The van der Waals surface area contributed by atoms with E-state index in [0.29, 0.717) is 18.4 Å². The third-order valence-corrected chi connectivity index (χ3v) is 5.14. The fourth-order valence-corrected chi connectivity index (χ4v) is 3.90. The molecular weight excluding hydrogens is 272 g/mol. The minimum absolute atomic E-state index is 0.240. The van der Waals surface area contributed by atoms with Crippen LogP contribution >= 0.6 is 0 Å². The molecule has 0 aromatic heterocycles. The lowest BCUT2D eigenvalue weighted by Gasteiger charge is -2.24. The van der Waals surface area contributed by atoms with E-state index in [0.717, 1.165) is 25.8 Å². The van der Waals surface area contributed by atoms with E-state index >= 15 is 0 Å². The van der Waals surface area contributed by atoms with Gasteiger partial charge in [0.25, 0.3) is 0 Å². The highest BCUT2D eigenvalue weighted by molar-refractivity contribution is 5.76. The summed E-state index contributed by atoms with van der Waals surface area (Å²) in [5.74, 6) is 0.727. The molecule has 1 aliphatic carbocycles. The maximum absolute atomic E-state index is 12.4. The van der Waals surface area contributed by atoms with Crippen LogP contribution in [0.2, 0.25) is 0 Å². The Morgan fingerprint density at radius 2 is 1.86 bits per heavy atom. The van der Waals surface area contributed by atoms with Crippen LogP contribution in [0.4, 0.5) is 0 Å². The zero-order valence-corrected chi connectivity index (χ0v) is 13.7. The maximum atomic E-state index is 12.4. The number of nitrogens with one attached hydrogen (secondary N) is 1. The van der Waals surface area contributed by atoms with Crippen molar-refractivity contribution in [2.24, 2.45) is 5.92 Å². The first-order valence-corrected chi connectivity index (χ1v) is 8.83. The molecule has 0 unspecified atom stereocenters. The quantitative estimate of drug-likeness (QED) is 0.876. The molecule has 0 spiro atoms. The van der Waals surface area contributed by atoms with Crippen LogP contribution in [0, 0.1) is 5.92 Å². The lowest BCUT2D eigenvalue weighted by molar-refractivity contribution is -0.122. The summed E-state index contributed by atoms with van der Waals surface area (Å²) in [5, 5.41) is 3.27. The number of fused-ring (bicyclic) bond motifs is 1. The highest BCUT2D eigenvalue weighted by Gasteiger charge is 2.24. The monoisotopic (exact) mass is 300 g/mol. The number of likely N-dealkylation sites (tertiary alicyclic amines) is 1. The van der Waals surface area contributed by atoms with Crippen LogP contribution in [0.15, 0.2) is 24.3 Å². The number of hydrogen-bond acceptors (Lipinski definition) is 2. The fraction of sp³-hybridized carbons (Fsp3) is 0.632. The van der Waals surface area contributed by atoms with Crippen molar-refractivity contribution in [1.82, 2.24) is 10.2 Å². The lowest BCUT2D eigenvalue weighted by Crippen LogP contribution is -2.43. The van der Waals surface area contributed by atoms with Gasteiger partial charge in [0.2, 0.25) is 5.91 Å². The summed E-state index contributed by atoms with van der Waals surface area (Å²) >= 11 is 0. The molecule has 1 amide bonds. The van der Waals surface area contributed by atoms with Gasteiger partial charge in [-0.2, -0.15) is 0 Å². The number of hydrogen-bond donors (Lipinski definition) is 1. The van der Waals surface area contributed by atoms with Crippen molar-refractivity contribution in [1.29, 1.82) is 0 Å². The van der Waals surface area contributed by atoms with Gasteiger partial charge in [0.15, 0.2) is 0 Å². The lowest BCUT2D eigenvalue weighted by atomic mass is 10.0. The molecule has 22 heavy (non-hydrogen) atoms. The molecule has 0 radical (unpaired) electrons. The van der Waals surface area contributed by atoms with Crippen molar-refractivity contribution in [2.75, 3.05) is 19.6 Å². The van der Waals surface area contributed by atoms with Crippen molar-refractivity contribution in [3.63, 3.8) is 0 Å². The molecule has 1 aromatic carbocycles. The summed E-state index contributed by atoms with van der Waals surface area (Å²) in [4.78, 5) is 14.8. The molecule has 0 bridgehead atoms. The van der Waals surface area contributed by atoms with Crippen LogP contribution < -0.4 is 5.32 Å². The Labute approximate surface area is 134 Å². The average molecular weight is 300 g/mol. The first kappa shape index (κ1) is 15.5. The Kier molecular flexibility index (Phi) is 5.14. The summed E-state index contributed by atoms with van der Waals surface area (Å²) in [7, 11) is 0. The molecule has 120 valence electrons. The first-order chi connectivity index (χ1) is 10.7. The molecule has 0 saturated carbocycles. The van der Waals surface area contributed by atoms with Gasteiger partial charge >= 0.3 is 0 Å². The van der Waals surface area contributed by atoms with Crippen molar-refractivity contribution in [3.05, 3.63) is 35.4 Å². The number of carbonyl (C=O) groups excluding carboxylic acids is 1. The molecule has 1 N–H and O–H groups in total. The van der Waals surface area contributed by atoms with Gasteiger partial charge in [-0.05, 0) is 62.2 Å². The van der Waals surface area contributed by atoms with Gasteiger partial charge in [0.05, 0.1) is 0 Å². The number of benzene rings is 1. The van der Waals surface area contributed by atoms with Crippen molar-refractivity contribution in [2.45, 2.75) is 51.5 Å². The Morgan fingerprint density at radius 1 is 1.23 bits per heavy atom. The van der Waals surface area contributed by atoms with E-state index in [1.807, 2.05) is 0 Å². The predicted octanol–water partition coefficient (Wildman–Crippen LogP) is 2.78. The molecule has 1 atom stereocenters. The highest BCUT2D eigenvalue weighted by atomic mass is 16.1. The Bertz CT molecular complexity index is 483. The number of nitrogens with zero attached hydrogens (tertiary/aromatic N) is 1. The van der Waals surface area contributed by atoms with Gasteiger partial charge in [-0.25, -0.2) is 0 Å². The second-order valence-electron chi connectivity index (χ2n) is 6.93. The average Bonchev–Trinajstić information content (AvgIpc) is 3.14. The standard InChI is InChI=1S/C19H28N2O/c1-2-18(14-21-9-5-6-10-21)20-19(22)13-15-11-16-7-3-4-8-17(16)12-15/h3-4,7-8,15,18H,2,5-6,9-14H2,1H3,(H,20,22)/t18-/m0/s1. The normalized spacial score (nSPS) is 20.0. The summed E-state index contributed by atoms with van der Waals surface area (Å²) in [6, 6.07) is 8.93. The largest absolute Gasteiger partial charge is 0.352 e. The van der Waals surface area contributed by atoms with E-state index < -0.39 is 0 Å². The van der Waals surface area contributed by atoms with Gasteiger partial charge in [-0.3, -0.25) is 4.79 Å². The molecule has 2 aliphatic rings. The zero-order valence-electron chi connectivity index (χ0n) is 13.7. The van der Waals surface area contributed by atoms with E-state index in [2.05, 4.69) is 41.4 Å². The molecule has 3 rings (SSSR count). The van der Waals surface area contributed by atoms with Crippen LogP contribution in [-0.4, -0.2) is 36.5 Å². The Morgan fingerprint density at radius 3 is 2.45 bits per heavy atom. The van der Waals surface area contributed by atoms with Gasteiger partial charge in [0, 0.05) is 19.0 Å². The second-order valence-corrected chi connectivity index (χ2v) is 6.93. The molecule has 1 heterocycles. The SMILES string of the molecule is CC[C@@H](CN1CCCC1)NC(=O)CC1Cc2ccccc2C1. The van der Waals surface area contributed by atoms with E-state index in [-0.39, 0.29) is 5.91 Å². The maximum Gasteiger partial charge on any atom is 0.220 e. The Hall–Kier alpha value is -1.35. The van der Waals surface area contributed by atoms with Crippen LogP contribution in [0.3, 0.4) is 0 Å². The van der Waals surface area contributed by atoms with E-state index in [1.54, 1.807) is 0 Å². The van der Waals surface area contributed by atoms with Gasteiger partial charge in [-0.15, -0.1) is 0 Å².